The largest absolute Gasteiger partial charge is 0.397 e. The SMILES string of the molecule is CCCCCCCCCCCCCCCCCCCCCCCCCCCCCCCCC(=O)NC(COC1OC(CO)C(O)C(OS(=O)(=O)O)C1O)C(O)CCCCCCCCCCCCCCCCCCCCC. The summed E-state index contributed by atoms with van der Waals surface area (Å²) in [5.41, 5.74) is 0. The third-order valence-electron chi connectivity index (χ3n) is 16.2. The van der Waals surface area contributed by atoms with E-state index in [4.69, 9.17) is 9.47 Å². The molecule has 12 nitrogen and oxygen atoms in total. The van der Waals surface area contributed by atoms with E-state index in [0.717, 1.165) is 51.4 Å². The number of carbonyl (C=O) groups is 1. The number of nitrogens with one attached hydrogen (secondary N) is 1. The standard InChI is InChI=1S/C63H125NO11S/c1-3-5-7-9-11-13-15-17-19-21-23-24-25-26-27-28-29-30-31-32-33-35-37-39-41-43-45-47-49-51-53-59(67)64-56(55-73-63-61(69)62(75-76(70,71)72)60(68)58(54-65)74-63)57(66)52-50-48-46-44-42-40-38-36-34-22-20-18-16-14-12-10-8-6-4-2/h56-58,60-63,65-66,68-69H,3-55H2,1-2H3,(H,64,67)(H,70,71,72). The molecule has 13 heteroatoms. The van der Waals surface area contributed by atoms with Crippen LogP contribution in [0.2, 0.25) is 0 Å². The number of unbranched alkanes of at least 4 members (excludes halogenated alkanes) is 47. The first-order chi connectivity index (χ1) is 37.0. The maximum Gasteiger partial charge on any atom is 0.397 e. The molecule has 0 bridgehead atoms. The monoisotopic (exact) mass is 1100 g/mol. The van der Waals surface area contributed by atoms with Crippen LogP contribution in [0.3, 0.4) is 0 Å². The molecule has 1 amide bonds. The van der Waals surface area contributed by atoms with Crippen molar-refractivity contribution in [1.82, 2.24) is 5.32 Å². The molecule has 6 N–H and O–H groups in total. The first-order valence-corrected chi connectivity index (χ1v) is 34.3. The predicted molar refractivity (Wildman–Crippen MR) is 315 cm³/mol. The van der Waals surface area contributed by atoms with Gasteiger partial charge >= 0.3 is 10.4 Å². The summed E-state index contributed by atoms with van der Waals surface area (Å²) in [5, 5.41) is 45.2. The van der Waals surface area contributed by atoms with Crippen LogP contribution in [0.25, 0.3) is 0 Å². The topological polar surface area (TPSA) is 192 Å². The Bertz CT molecular complexity index is 1340. The van der Waals surface area contributed by atoms with Crippen molar-refractivity contribution in [1.29, 1.82) is 0 Å². The van der Waals surface area contributed by atoms with Crippen molar-refractivity contribution in [3.63, 3.8) is 0 Å². The molecule has 0 aromatic carbocycles. The van der Waals surface area contributed by atoms with Gasteiger partial charge in [-0.3, -0.25) is 9.35 Å². The van der Waals surface area contributed by atoms with Gasteiger partial charge in [-0.1, -0.05) is 322 Å². The van der Waals surface area contributed by atoms with Crippen LogP contribution in [0, 0.1) is 0 Å². The third-order valence-corrected chi connectivity index (χ3v) is 16.6. The van der Waals surface area contributed by atoms with E-state index in [1.54, 1.807) is 0 Å². The Morgan fingerprint density at radius 2 is 0.763 bits per heavy atom. The zero-order valence-corrected chi connectivity index (χ0v) is 50.4. The highest BCUT2D eigenvalue weighted by molar-refractivity contribution is 7.80. The second-order valence-electron chi connectivity index (χ2n) is 23.4. The molecule has 76 heavy (non-hydrogen) atoms. The summed E-state index contributed by atoms with van der Waals surface area (Å²) in [6.45, 7) is 3.52. The molecule has 0 spiro atoms. The molecule has 0 saturated carbocycles. The van der Waals surface area contributed by atoms with Crippen LogP contribution in [0.1, 0.15) is 341 Å². The Balaban J connectivity index is 2.23. The lowest BCUT2D eigenvalue weighted by molar-refractivity contribution is -0.298. The zero-order valence-electron chi connectivity index (χ0n) is 49.6. The smallest absolute Gasteiger partial charge is 0.394 e. The van der Waals surface area contributed by atoms with E-state index in [0.29, 0.717) is 12.8 Å². The van der Waals surface area contributed by atoms with E-state index in [1.165, 1.54) is 263 Å². The molecule has 7 unspecified atom stereocenters. The molecular weight excluding hydrogens is 979 g/mol. The van der Waals surface area contributed by atoms with Crippen LogP contribution in [-0.2, 0) is 28.9 Å². The zero-order chi connectivity index (χ0) is 55.4. The van der Waals surface area contributed by atoms with E-state index in [9.17, 15) is 38.2 Å². The first-order valence-electron chi connectivity index (χ1n) is 32.9. The number of carbonyl (C=O) groups excluding carboxylic acids is 1. The van der Waals surface area contributed by atoms with Gasteiger partial charge in [0.1, 0.15) is 24.4 Å². The molecule has 1 aliphatic rings. The Morgan fingerprint density at radius 3 is 1.05 bits per heavy atom. The van der Waals surface area contributed by atoms with E-state index < -0.39 is 59.9 Å². The summed E-state index contributed by atoms with van der Waals surface area (Å²) in [5.74, 6) is -0.220. The van der Waals surface area contributed by atoms with E-state index >= 15 is 0 Å². The Kier molecular flexibility index (Phi) is 51.4. The van der Waals surface area contributed by atoms with E-state index in [2.05, 4.69) is 23.3 Å². The highest BCUT2D eigenvalue weighted by Gasteiger charge is 2.48. The van der Waals surface area contributed by atoms with Crippen LogP contribution in [0.15, 0.2) is 0 Å². The van der Waals surface area contributed by atoms with Gasteiger partial charge in [-0.25, -0.2) is 4.18 Å². The predicted octanol–water partition coefficient (Wildman–Crippen LogP) is 16.4. The van der Waals surface area contributed by atoms with Crippen molar-refractivity contribution in [2.24, 2.45) is 0 Å². The number of aliphatic hydroxyl groups excluding tert-OH is 4. The van der Waals surface area contributed by atoms with Crippen molar-refractivity contribution in [3.8, 4) is 0 Å². The van der Waals surface area contributed by atoms with Gasteiger partial charge in [-0.15, -0.1) is 0 Å². The van der Waals surface area contributed by atoms with Gasteiger partial charge in [0.2, 0.25) is 5.91 Å². The summed E-state index contributed by atoms with van der Waals surface area (Å²) in [6.07, 6.45) is 55.6. The molecule has 454 valence electrons. The molecule has 0 aliphatic carbocycles. The lowest BCUT2D eigenvalue weighted by atomic mass is 9.99. The highest BCUT2D eigenvalue weighted by Crippen LogP contribution is 2.27. The van der Waals surface area contributed by atoms with E-state index in [1.807, 2.05) is 0 Å². The molecule has 0 aromatic heterocycles. The van der Waals surface area contributed by atoms with Gasteiger partial charge in [-0.2, -0.15) is 8.42 Å². The summed E-state index contributed by atoms with van der Waals surface area (Å²) < 4.78 is 48.0. The third kappa shape index (κ3) is 44.8. The molecule has 1 aliphatic heterocycles. The van der Waals surface area contributed by atoms with Crippen LogP contribution in [0.4, 0.5) is 0 Å². The Labute approximate surface area is 468 Å². The molecule has 1 saturated heterocycles. The molecule has 0 aromatic rings. The fourth-order valence-corrected chi connectivity index (χ4v) is 11.6. The van der Waals surface area contributed by atoms with Gasteiger partial charge < -0.3 is 35.2 Å². The van der Waals surface area contributed by atoms with Crippen LogP contribution in [0.5, 0.6) is 0 Å². The second kappa shape index (κ2) is 53.4. The van der Waals surface area contributed by atoms with Crippen LogP contribution < -0.4 is 5.32 Å². The number of ether oxygens (including phenoxy) is 2. The number of rotatable bonds is 59. The fourth-order valence-electron chi connectivity index (χ4n) is 11.1. The summed E-state index contributed by atoms with van der Waals surface area (Å²) in [6, 6.07) is -0.854. The molecule has 1 fully saturated rings. The van der Waals surface area contributed by atoms with Gasteiger partial charge in [0.15, 0.2) is 6.29 Å². The van der Waals surface area contributed by atoms with Crippen molar-refractivity contribution in [2.75, 3.05) is 13.2 Å². The lowest BCUT2D eigenvalue weighted by Crippen LogP contribution is -2.61. The summed E-state index contributed by atoms with van der Waals surface area (Å²) in [4.78, 5) is 13.2. The van der Waals surface area contributed by atoms with Crippen molar-refractivity contribution in [3.05, 3.63) is 0 Å². The number of hydrogen-bond donors (Lipinski definition) is 6. The van der Waals surface area contributed by atoms with Crippen molar-refractivity contribution >= 4 is 16.3 Å². The van der Waals surface area contributed by atoms with Gasteiger partial charge in [0.25, 0.3) is 0 Å². The van der Waals surface area contributed by atoms with Gasteiger partial charge in [0.05, 0.1) is 25.4 Å². The number of amides is 1. The van der Waals surface area contributed by atoms with Gasteiger partial charge in [-0.05, 0) is 12.8 Å². The highest BCUT2D eigenvalue weighted by atomic mass is 32.3. The minimum Gasteiger partial charge on any atom is -0.394 e. The summed E-state index contributed by atoms with van der Waals surface area (Å²) >= 11 is 0. The molecule has 7 atom stereocenters. The summed E-state index contributed by atoms with van der Waals surface area (Å²) in [7, 11) is -5.08. The van der Waals surface area contributed by atoms with Crippen molar-refractivity contribution in [2.45, 2.75) is 384 Å². The second-order valence-corrected chi connectivity index (χ2v) is 24.5. The number of aliphatic hydroxyl groups is 4. The number of hydrogen-bond acceptors (Lipinski definition) is 10. The first kappa shape index (κ1) is 73.1. The normalized spacial score (nSPS) is 18.9. The fraction of sp³-hybridized carbons (Fsp3) is 0.984. The van der Waals surface area contributed by atoms with Crippen molar-refractivity contribution < 1.29 is 51.8 Å². The minimum atomic E-state index is -5.08. The minimum absolute atomic E-state index is 0.220. The average molecular weight is 1100 g/mol. The Morgan fingerprint density at radius 1 is 0.474 bits per heavy atom. The lowest BCUT2D eigenvalue weighted by Gasteiger charge is -2.41. The van der Waals surface area contributed by atoms with Crippen LogP contribution >= 0.6 is 0 Å². The molecule has 0 radical (unpaired) electrons. The maximum absolute atomic E-state index is 13.2. The van der Waals surface area contributed by atoms with Crippen LogP contribution in [-0.4, -0.2) is 95.4 Å². The molecular formula is C63H125NO11S. The quantitative estimate of drug-likeness (QED) is 0.0251. The van der Waals surface area contributed by atoms with E-state index in [-0.39, 0.29) is 12.5 Å². The molecule has 1 rings (SSSR count). The maximum atomic E-state index is 13.2. The Hall–Kier alpha value is -0.900. The van der Waals surface area contributed by atoms with Gasteiger partial charge in [0, 0.05) is 6.42 Å². The molecule has 1 heterocycles. The average Bonchev–Trinajstić information content (AvgIpc) is 3.40.